The van der Waals surface area contributed by atoms with Gasteiger partial charge in [-0.05, 0) is 13.0 Å². The molecule has 21 heavy (non-hydrogen) atoms. The Morgan fingerprint density at radius 2 is 1.90 bits per heavy atom. The first kappa shape index (κ1) is 16.8. The number of amides is 1. The van der Waals surface area contributed by atoms with Gasteiger partial charge in [-0.25, -0.2) is 4.39 Å². The highest BCUT2D eigenvalue weighted by molar-refractivity contribution is 5.95. The molecule has 0 N–H and O–H groups in total. The van der Waals surface area contributed by atoms with E-state index in [-0.39, 0.29) is 4.90 Å². The molecular formula is C11H9F5N2O3. The number of rotatable bonds is 4. The Morgan fingerprint density at radius 3 is 2.33 bits per heavy atom. The number of benzene rings is 1. The van der Waals surface area contributed by atoms with Gasteiger partial charge in [-0.15, -0.1) is 0 Å². The zero-order chi connectivity index (χ0) is 16.4. The quantitative estimate of drug-likeness (QED) is 0.488. The van der Waals surface area contributed by atoms with E-state index in [1.807, 2.05) is 0 Å². The third-order valence-electron chi connectivity index (χ3n) is 2.52. The Morgan fingerprint density at radius 1 is 1.33 bits per heavy atom. The molecule has 0 aliphatic heterocycles. The van der Waals surface area contributed by atoms with E-state index < -0.39 is 53.0 Å². The van der Waals surface area contributed by atoms with Gasteiger partial charge in [0.25, 0.3) is 5.91 Å². The number of carbonyl (C=O) groups excluding carboxylic acids is 1. The Labute approximate surface area is 115 Å². The number of nitro groups is 1. The molecule has 0 radical (unpaired) electrons. The van der Waals surface area contributed by atoms with E-state index in [2.05, 4.69) is 0 Å². The largest absolute Gasteiger partial charge is 0.406 e. The molecule has 116 valence electrons. The van der Waals surface area contributed by atoms with Gasteiger partial charge in [-0.2, -0.15) is 17.6 Å². The number of hydrogen-bond acceptors (Lipinski definition) is 3. The van der Waals surface area contributed by atoms with Crippen LogP contribution in [0.3, 0.4) is 0 Å². The van der Waals surface area contributed by atoms with E-state index >= 15 is 0 Å². The van der Waals surface area contributed by atoms with Crippen LogP contribution in [0.5, 0.6) is 0 Å². The van der Waals surface area contributed by atoms with Crippen LogP contribution in [-0.2, 0) is 0 Å². The van der Waals surface area contributed by atoms with Crippen LogP contribution in [0.25, 0.3) is 0 Å². The molecule has 10 heteroatoms. The van der Waals surface area contributed by atoms with Crippen LogP contribution in [0.2, 0.25) is 0 Å². The Hall–Kier alpha value is -2.26. The van der Waals surface area contributed by atoms with Gasteiger partial charge in [0.05, 0.1) is 4.92 Å². The van der Waals surface area contributed by atoms with Gasteiger partial charge in [-0.3, -0.25) is 14.9 Å². The van der Waals surface area contributed by atoms with Gasteiger partial charge < -0.3 is 4.90 Å². The van der Waals surface area contributed by atoms with Crippen LogP contribution in [0.1, 0.15) is 17.3 Å². The van der Waals surface area contributed by atoms with Crippen molar-refractivity contribution < 1.29 is 31.7 Å². The van der Waals surface area contributed by atoms with Gasteiger partial charge in [-0.1, -0.05) is 0 Å². The highest BCUT2D eigenvalue weighted by Crippen LogP contribution is 2.25. The normalized spacial score (nSPS) is 11.3. The fourth-order valence-corrected chi connectivity index (χ4v) is 1.58. The molecule has 0 fully saturated rings. The van der Waals surface area contributed by atoms with Crippen molar-refractivity contribution in [2.75, 3.05) is 13.1 Å². The number of nitro benzene ring substituents is 1. The second-order valence-electron chi connectivity index (χ2n) is 3.95. The van der Waals surface area contributed by atoms with E-state index in [4.69, 9.17) is 0 Å². The summed E-state index contributed by atoms with van der Waals surface area (Å²) in [6.07, 6.45) is -4.76. The number of halogens is 5. The van der Waals surface area contributed by atoms with Gasteiger partial charge in [0.1, 0.15) is 17.9 Å². The van der Waals surface area contributed by atoms with Crippen LogP contribution < -0.4 is 0 Å². The Balaban J connectivity index is 3.28. The number of alkyl halides is 3. The number of carbonyl (C=O) groups is 1. The van der Waals surface area contributed by atoms with Crippen molar-refractivity contribution in [2.24, 2.45) is 0 Å². The molecule has 0 bridgehead atoms. The molecule has 1 aromatic rings. The molecule has 0 heterocycles. The minimum absolute atomic E-state index is 0.144. The smallest absolute Gasteiger partial charge is 0.330 e. The van der Waals surface area contributed by atoms with Crippen molar-refractivity contribution >= 4 is 11.6 Å². The molecule has 0 atom stereocenters. The lowest BCUT2D eigenvalue weighted by Gasteiger charge is -2.22. The zero-order valence-corrected chi connectivity index (χ0v) is 10.6. The Kier molecular flexibility index (Phi) is 4.81. The highest BCUT2D eigenvalue weighted by atomic mass is 19.4. The Bertz CT molecular complexity index is 574. The summed E-state index contributed by atoms with van der Waals surface area (Å²) < 4.78 is 64.1. The molecule has 1 rings (SSSR count). The molecule has 1 aromatic carbocycles. The van der Waals surface area contributed by atoms with Crippen molar-refractivity contribution in [3.63, 3.8) is 0 Å². The average Bonchev–Trinajstić information content (AvgIpc) is 2.34. The first-order valence-corrected chi connectivity index (χ1v) is 5.57. The van der Waals surface area contributed by atoms with E-state index in [0.29, 0.717) is 12.1 Å². The number of hydrogen-bond donors (Lipinski definition) is 0. The molecular weight excluding hydrogens is 303 g/mol. The standard InChI is InChI=1S/C11H9F5N2O3/c1-2-17(5-11(14,15)16)10(19)8-6(12)3-4-7(9(8)13)18(20)21/h3-4H,2,5H2,1H3. The lowest BCUT2D eigenvalue weighted by molar-refractivity contribution is -0.387. The third kappa shape index (κ3) is 3.86. The summed E-state index contributed by atoms with van der Waals surface area (Å²) >= 11 is 0. The fourth-order valence-electron chi connectivity index (χ4n) is 1.58. The minimum Gasteiger partial charge on any atom is -0.330 e. The van der Waals surface area contributed by atoms with Gasteiger partial charge in [0.15, 0.2) is 0 Å². The van der Waals surface area contributed by atoms with Crippen molar-refractivity contribution in [1.82, 2.24) is 4.90 Å². The molecule has 0 aliphatic rings. The molecule has 5 nitrogen and oxygen atoms in total. The highest BCUT2D eigenvalue weighted by Gasteiger charge is 2.35. The number of nitrogens with zero attached hydrogens (tertiary/aromatic N) is 2. The van der Waals surface area contributed by atoms with Gasteiger partial charge in [0.2, 0.25) is 5.82 Å². The summed E-state index contributed by atoms with van der Waals surface area (Å²) in [5.74, 6) is -4.87. The summed E-state index contributed by atoms with van der Waals surface area (Å²) in [5, 5.41) is 10.5. The summed E-state index contributed by atoms with van der Waals surface area (Å²) in [5.41, 5.74) is -2.57. The van der Waals surface area contributed by atoms with E-state index in [0.717, 1.165) is 0 Å². The summed E-state index contributed by atoms with van der Waals surface area (Å²) in [4.78, 5) is 21.2. The summed E-state index contributed by atoms with van der Waals surface area (Å²) in [6, 6.07) is 0.942. The minimum atomic E-state index is -4.76. The van der Waals surface area contributed by atoms with E-state index in [1.165, 1.54) is 6.92 Å². The van der Waals surface area contributed by atoms with Crippen LogP contribution in [0.15, 0.2) is 12.1 Å². The SMILES string of the molecule is CCN(CC(F)(F)F)C(=O)c1c(F)ccc([N+](=O)[O-])c1F. The monoisotopic (exact) mass is 312 g/mol. The lowest BCUT2D eigenvalue weighted by Crippen LogP contribution is -2.39. The molecule has 0 saturated carbocycles. The average molecular weight is 312 g/mol. The summed E-state index contributed by atoms with van der Waals surface area (Å²) in [6.45, 7) is -1.01. The van der Waals surface area contributed by atoms with E-state index in [9.17, 15) is 36.9 Å². The van der Waals surface area contributed by atoms with Crippen molar-refractivity contribution in [3.05, 3.63) is 39.4 Å². The predicted molar refractivity (Wildman–Crippen MR) is 60.6 cm³/mol. The first-order chi connectivity index (χ1) is 9.58. The van der Waals surface area contributed by atoms with Crippen LogP contribution in [0.4, 0.5) is 27.6 Å². The molecule has 0 unspecified atom stereocenters. The summed E-state index contributed by atoms with van der Waals surface area (Å²) in [7, 11) is 0. The third-order valence-corrected chi connectivity index (χ3v) is 2.52. The maximum absolute atomic E-state index is 13.8. The lowest BCUT2D eigenvalue weighted by atomic mass is 10.1. The molecule has 0 aromatic heterocycles. The van der Waals surface area contributed by atoms with Crippen molar-refractivity contribution in [3.8, 4) is 0 Å². The van der Waals surface area contributed by atoms with E-state index in [1.54, 1.807) is 0 Å². The fraction of sp³-hybridized carbons (Fsp3) is 0.364. The predicted octanol–water partition coefficient (Wildman–Crippen LogP) is 2.90. The molecule has 1 amide bonds. The zero-order valence-electron chi connectivity index (χ0n) is 10.6. The maximum atomic E-state index is 13.8. The van der Waals surface area contributed by atoms with Crippen molar-refractivity contribution in [2.45, 2.75) is 13.1 Å². The molecule has 0 saturated heterocycles. The van der Waals surface area contributed by atoms with Crippen LogP contribution >= 0.6 is 0 Å². The topological polar surface area (TPSA) is 63.5 Å². The van der Waals surface area contributed by atoms with Gasteiger partial charge >= 0.3 is 11.9 Å². The van der Waals surface area contributed by atoms with Crippen LogP contribution in [0, 0.1) is 21.7 Å². The first-order valence-electron chi connectivity index (χ1n) is 5.57. The van der Waals surface area contributed by atoms with Crippen molar-refractivity contribution in [1.29, 1.82) is 0 Å². The molecule has 0 aliphatic carbocycles. The maximum Gasteiger partial charge on any atom is 0.406 e. The van der Waals surface area contributed by atoms with Gasteiger partial charge in [0, 0.05) is 12.6 Å². The molecule has 0 spiro atoms. The second kappa shape index (κ2) is 6.02. The second-order valence-corrected chi connectivity index (χ2v) is 3.95. The van der Waals surface area contributed by atoms with Crippen LogP contribution in [-0.4, -0.2) is 35.0 Å².